The molecular weight excluding hydrogens is 260 g/mol. The maximum atomic E-state index is 8.56. The van der Waals surface area contributed by atoms with Gasteiger partial charge in [-0.2, -0.15) is 0 Å². The quantitative estimate of drug-likeness (QED) is 0.463. The third-order valence-corrected chi connectivity index (χ3v) is 0. The molecule has 0 aromatic carbocycles. The third kappa shape index (κ3) is 119. The molecule has 0 amide bonds. The first-order valence-corrected chi connectivity index (χ1v) is 0.651. The van der Waals surface area contributed by atoms with Gasteiger partial charge in [-0.1, -0.05) is 0 Å². The molecule has 0 heterocycles. The maximum absolute atomic E-state index is 8.56. The van der Waals surface area contributed by atoms with E-state index in [0.29, 0.717) is 0 Å². The minimum absolute atomic E-state index is 0. The monoisotopic (exact) mass is 278 g/mol. The molecule has 0 radical (unpaired) electrons. The first-order chi connectivity index (χ1) is 1.73. The van der Waals surface area contributed by atoms with Crippen molar-refractivity contribution in [1.29, 1.82) is 0 Å². The van der Waals surface area contributed by atoms with Crippen LogP contribution in [0.15, 0.2) is 0 Å². The van der Waals surface area contributed by atoms with E-state index in [4.69, 9.17) is 15.0 Å². The summed E-state index contributed by atoms with van der Waals surface area (Å²) in [6.45, 7) is 0. The first kappa shape index (κ1) is 68.3. The predicted molar refractivity (Wildman–Crippen MR) is 78.4 cm³/mol. The predicted octanol–water partition coefficient (Wildman–Crippen LogP) is -3.08. The Morgan fingerprint density at radius 1 is 0.750 bits per heavy atom. The van der Waals surface area contributed by atoms with Crippen LogP contribution in [0.2, 0.25) is 0 Å². The Morgan fingerprint density at radius 3 is 0.750 bits per heavy atom. The molecule has 0 atom stereocenters. The number of rotatable bonds is 0. The zero-order valence-corrected chi connectivity index (χ0v) is 14.5. The number of hydrogen-bond acceptors (Lipinski definition) is 1. The second kappa shape index (κ2) is 56.5. The Balaban J connectivity index is -0.000000000237. The van der Waals surface area contributed by atoms with Gasteiger partial charge in [-0.3, -0.25) is 0 Å². The second-order valence-electron chi connectivity index (χ2n) is 0.283. The summed E-state index contributed by atoms with van der Waals surface area (Å²) in [4.78, 5) is 8.56. The Morgan fingerprint density at radius 2 is 0.750 bits per heavy atom. The van der Waals surface area contributed by atoms with Crippen molar-refractivity contribution in [3.63, 3.8) is 0 Å². The molecular formula is CH20Al2Mg6O3. The molecule has 0 rings (SSSR count). The van der Waals surface area contributed by atoms with Crippen LogP contribution >= 0.6 is 0 Å². The van der Waals surface area contributed by atoms with Crippen molar-refractivity contribution in [2.24, 2.45) is 0 Å². The molecule has 11 heteroatoms. The van der Waals surface area contributed by atoms with Gasteiger partial charge >= 0.3 is 144 Å². The molecule has 0 unspecified atom stereocenters. The summed E-state index contributed by atoms with van der Waals surface area (Å²) < 4.78 is 0. The molecule has 2 N–H and O–H groups in total. The van der Waals surface area contributed by atoms with Crippen molar-refractivity contribution in [2.75, 3.05) is 0 Å². The molecule has 3 nitrogen and oxygen atoms in total. The Bertz CT molecular complexity index is 67.8. The zero-order valence-electron chi connectivity index (χ0n) is 18.0. The number of carbonyl (C=O) groups is 1. The van der Waals surface area contributed by atoms with Gasteiger partial charge in [0.1, 0.15) is 0 Å². The van der Waals surface area contributed by atoms with Gasteiger partial charge < -0.3 is 27.3 Å². The summed E-state index contributed by atoms with van der Waals surface area (Å²) in [5.41, 5.74) is 0. The molecule has 0 spiro atoms. The van der Waals surface area contributed by atoms with Gasteiger partial charge in [-0.05, 0) is 0 Å². The summed E-state index contributed by atoms with van der Waals surface area (Å²) in [7, 11) is 0. The Labute approximate surface area is 208 Å². The van der Waals surface area contributed by atoms with Gasteiger partial charge in [-0.25, -0.2) is 4.79 Å². The van der Waals surface area contributed by atoms with Gasteiger partial charge in [0.2, 0.25) is 0 Å². The van der Waals surface area contributed by atoms with E-state index in [2.05, 4.69) is 0 Å². The molecule has 0 aliphatic carbocycles. The number of hydrogen-bond donors (Lipinski definition) is 2. The smallest absolute Gasteiger partial charge is 1.00 e. The summed E-state index contributed by atoms with van der Waals surface area (Å²) in [6, 6.07) is 0. The summed E-state index contributed by atoms with van der Waals surface area (Å²) >= 11 is 0. The standard InChI is InChI=1S/CH2O3.2Al.6Mg.18H/c2-1(3)4;;;;;;;;;;;;;;;;;;;;;;;;;;/h(H2,2,3,4);;;;;;;;;;;;;;;;;;;;;;;;;;/q;;;6*+2;;;;;;;12*-1. The van der Waals surface area contributed by atoms with Crippen LogP contribution in [-0.4, -0.2) is 189 Å². The molecule has 0 saturated carbocycles. The van der Waals surface area contributed by atoms with Gasteiger partial charge in [0, 0.05) is 0 Å². The van der Waals surface area contributed by atoms with Crippen molar-refractivity contribution in [3.05, 3.63) is 0 Å². The van der Waals surface area contributed by atoms with E-state index in [1.807, 2.05) is 0 Å². The van der Waals surface area contributed by atoms with Crippen LogP contribution in [0.5, 0.6) is 0 Å². The molecule has 0 saturated heterocycles. The largest absolute Gasteiger partial charge is 2.00 e. The average molecular weight is 280 g/mol. The number of carboxylic acid groups (broad SMARTS) is 2. The van der Waals surface area contributed by atoms with Gasteiger partial charge in [-0.15, -0.1) is 0 Å². The molecule has 12 heavy (non-hydrogen) atoms. The van der Waals surface area contributed by atoms with Gasteiger partial charge in [0.05, 0.1) is 0 Å². The molecule has 0 fully saturated rings. The van der Waals surface area contributed by atoms with E-state index >= 15 is 0 Å². The Kier molecular flexibility index (Phi) is 321. The fourth-order valence-electron chi connectivity index (χ4n) is 0. The van der Waals surface area contributed by atoms with E-state index in [1.54, 1.807) is 0 Å². The van der Waals surface area contributed by atoms with E-state index in [0.717, 1.165) is 0 Å². The van der Waals surface area contributed by atoms with Crippen LogP contribution in [0, 0.1) is 0 Å². The fraction of sp³-hybridized carbons (Fsp3) is 0. The molecule has 0 aromatic heterocycles. The Hall–Kier alpha value is 4.93. The van der Waals surface area contributed by atoms with Crippen molar-refractivity contribution in [2.45, 2.75) is 0 Å². The molecule has 0 bridgehead atoms. The van der Waals surface area contributed by atoms with Crippen LogP contribution in [0.4, 0.5) is 4.79 Å². The van der Waals surface area contributed by atoms with Crippen molar-refractivity contribution in [1.82, 2.24) is 0 Å². The van der Waals surface area contributed by atoms with E-state index in [9.17, 15) is 0 Å². The summed E-state index contributed by atoms with van der Waals surface area (Å²) in [5.74, 6) is 0. The van der Waals surface area contributed by atoms with Crippen molar-refractivity contribution >= 4 is 179 Å². The van der Waals surface area contributed by atoms with Crippen molar-refractivity contribution in [3.8, 4) is 0 Å². The van der Waals surface area contributed by atoms with Crippen LogP contribution in [0.25, 0.3) is 0 Å². The third-order valence-electron chi connectivity index (χ3n) is 0. The SMILES string of the molecule is O=C(O)O.[AlH3].[AlH3].[H-].[H-].[H-].[H-].[H-].[H-].[H-].[H-].[H-].[H-].[H-].[H-].[Mg+2].[Mg+2].[Mg+2].[Mg+2].[Mg+2].[Mg+2]. The summed E-state index contributed by atoms with van der Waals surface area (Å²) in [5, 5.41) is 13.9. The second-order valence-corrected chi connectivity index (χ2v) is 0.283. The topological polar surface area (TPSA) is 57.5 Å². The van der Waals surface area contributed by atoms with E-state index in [-0.39, 0.29) is 190 Å². The van der Waals surface area contributed by atoms with Crippen LogP contribution in [0.1, 0.15) is 17.1 Å². The van der Waals surface area contributed by atoms with Crippen LogP contribution in [0.3, 0.4) is 0 Å². The molecule has 0 aromatic rings. The van der Waals surface area contributed by atoms with E-state index < -0.39 is 6.16 Å². The molecule has 60 valence electrons. The minimum atomic E-state index is -1.83. The van der Waals surface area contributed by atoms with Gasteiger partial charge in [0.25, 0.3) is 0 Å². The minimum Gasteiger partial charge on any atom is -1.00 e. The molecule has 0 aliphatic heterocycles. The van der Waals surface area contributed by atoms with E-state index in [1.165, 1.54) is 0 Å². The normalized spacial score (nSPS) is 2.00. The average Bonchev–Trinajstić information content (AvgIpc) is 0.811. The first-order valence-electron chi connectivity index (χ1n) is 0.651. The molecule has 0 aliphatic rings. The zero-order chi connectivity index (χ0) is 3.58. The van der Waals surface area contributed by atoms with Gasteiger partial charge in [0.15, 0.2) is 34.7 Å². The van der Waals surface area contributed by atoms with Crippen molar-refractivity contribution < 1.29 is 32.1 Å². The van der Waals surface area contributed by atoms with Crippen LogP contribution in [-0.2, 0) is 0 Å². The fourth-order valence-corrected chi connectivity index (χ4v) is 0. The van der Waals surface area contributed by atoms with Crippen LogP contribution < -0.4 is 0 Å². The maximum Gasteiger partial charge on any atom is 2.00 e. The summed E-state index contributed by atoms with van der Waals surface area (Å²) in [6.07, 6.45) is -1.83.